The normalized spacial score (nSPS) is 22.3. The Kier molecular flexibility index (Phi) is 4.88. The van der Waals surface area contributed by atoms with E-state index in [0.717, 1.165) is 6.42 Å². The van der Waals surface area contributed by atoms with Crippen LogP contribution in [0.1, 0.15) is 19.8 Å². The first-order valence-corrected chi connectivity index (χ1v) is 7.86. The summed E-state index contributed by atoms with van der Waals surface area (Å²) in [5, 5.41) is 0. The quantitative estimate of drug-likeness (QED) is 0.713. The predicted molar refractivity (Wildman–Crippen MR) is 70.4 cm³/mol. The number of thiocarbonyl (C=S) groups is 1. The van der Waals surface area contributed by atoms with Crippen LogP contribution < -0.4 is 5.73 Å². The SMILES string of the molecule is CCCN(CC(N)=S)C(=O)C1CCS(=O)(=O)C1. The van der Waals surface area contributed by atoms with Gasteiger partial charge in [-0.25, -0.2) is 8.42 Å². The van der Waals surface area contributed by atoms with Crippen molar-refractivity contribution in [3.05, 3.63) is 0 Å². The smallest absolute Gasteiger partial charge is 0.227 e. The van der Waals surface area contributed by atoms with Crippen LogP contribution in [0.2, 0.25) is 0 Å². The van der Waals surface area contributed by atoms with Crippen molar-refractivity contribution < 1.29 is 13.2 Å². The van der Waals surface area contributed by atoms with E-state index in [1.54, 1.807) is 4.90 Å². The Morgan fingerprint density at radius 2 is 2.18 bits per heavy atom. The van der Waals surface area contributed by atoms with E-state index >= 15 is 0 Å². The molecule has 2 N–H and O–H groups in total. The highest BCUT2D eigenvalue weighted by atomic mass is 32.2. The molecule has 1 heterocycles. The monoisotopic (exact) mass is 278 g/mol. The average molecular weight is 278 g/mol. The Balaban J connectivity index is 2.68. The molecule has 1 aliphatic heterocycles. The van der Waals surface area contributed by atoms with Gasteiger partial charge in [0.2, 0.25) is 5.91 Å². The van der Waals surface area contributed by atoms with Crippen LogP contribution in [0.3, 0.4) is 0 Å². The van der Waals surface area contributed by atoms with E-state index in [1.165, 1.54) is 0 Å². The molecular formula is C10H18N2O3S2. The number of hydrogen-bond acceptors (Lipinski definition) is 4. The zero-order valence-corrected chi connectivity index (χ0v) is 11.5. The molecule has 1 saturated heterocycles. The number of amides is 1. The molecule has 98 valence electrons. The molecule has 0 saturated carbocycles. The van der Waals surface area contributed by atoms with Crippen molar-refractivity contribution in [2.75, 3.05) is 24.6 Å². The van der Waals surface area contributed by atoms with Crippen LogP contribution in [-0.4, -0.2) is 48.8 Å². The fraction of sp³-hybridized carbons (Fsp3) is 0.800. The minimum atomic E-state index is -3.03. The van der Waals surface area contributed by atoms with Crippen molar-refractivity contribution in [1.29, 1.82) is 0 Å². The van der Waals surface area contributed by atoms with Gasteiger partial charge in [0, 0.05) is 6.54 Å². The molecule has 0 aliphatic carbocycles. The first kappa shape index (κ1) is 14.4. The molecule has 0 spiro atoms. The van der Waals surface area contributed by atoms with E-state index in [4.69, 9.17) is 18.0 Å². The number of carbonyl (C=O) groups is 1. The molecule has 0 bridgehead atoms. The molecule has 0 aromatic carbocycles. The van der Waals surface area contributed by atoms with Crippen molar-refractivity contribution in [1.82, 2.24) is 4.90 Å². The maximum absolute atomic E-state index is 12.1. The van der Waals surface area contributed by atoms with Crippen LogP contribution in [0.4, 0.5) is 0 Å². The van der Waals surface area contributed by atoms with Crippen LogP contribution in [0.25, 0.3) is 0 Å². The van der Waals surface area contributed by atoms with Gasteiger partial charge in [0.05, 0.1) is 29.0 Å². The second-order valence-electron chi connectivity index (χ2n) is 4.33. The van der Waals surface area contributed by atoms with E-state index in [9.17, 15) is 13.2 Å². The summed E-state index contributed by atoms with van der Waals surface area (Å²) in [6.07, 6.45) is 1.21. The van der Waals surface area contributed by atoms with Crippen molar-refractivity contribution in [2.45, 2.75) is 19.8 Å². The van der Waals surface area contributed by atoms with Gasteiger partial charge in [0.25, 0.3) is 0 Å². The third-order valence-corrected chi connectivity index (χ3v) is 4.63. The third kappa shape index (κ3) is 4.23. The van der Waals surface area contributed by atoms with Gasteiger partial charge in [0.1, 0.15) is 0 Å². The first-order chi connectivity index (χ1) is 7.85. The van der Waals surface area contributed by atoms with Crippen molar-refractivity contribution in [3.8, 4) is 0 Å². The number of hydrogen-bond donors (Lipinski definition) is 1. The van der Waals surface area contributed by atoms with E-state index in [1.807, 2.05) is 6.92 Å². The Morgan fingerprint density at radius 1 is 1.53 bits per heavy atom. The number of carbonyl (C=O) groups excluding carboxylic acids is 1. The number of rotatable bonds is 5. The fourth-order valence-corrected chi connectivity index (χ4v) is 3.86. The minimum absolute atomic E-state index is 0.0383. The van der Waals surface area contributed by atoms with Crippen molar-refractivity contribution in [3.63, 3.8) is 0 Å². The summed E-state index contributed by atoms with van der Waals surface area (Å²) in [6, 6.07) is 0. The van der Waals surface area contributed by atoms with E-state index < -0.39 is 15.8 Å². The van der Waals surface area contributed by atoms with Gasteiger partial charge in [-0.3, -0.25) is 4.79 Å². The topological polar surface area (TPSA) is 80.5 Å². The Morgan fingerprint density at radius 3 is 2.59 bits per heavy atom. The van der Waals surface area contributed by atoms with E-state index in [0.29, 0.717) is 13.0 Å². The molecule has 1 rings (SSSR count). The van der Waals surface area contributed by atoms with Crippen LogP contribution >= 0.6 is 12.2 Å². The number of nitrogens with zero attached hydrogens (tertiary/aromatic N) is 1. The standard InChI is InChI=1S/C10H18N2O3S2/c1-2-4-12(6-9(11)16)10(13)8-3-5-17(14,15)7-8/h8H,2-7H2,1H3,(H2,11,16). The molecule has 1 aliphatic rings. The molecule has 5 nitrogen and oxygen atoms in total. The molecule has 7 heteroatoms. The summed E-state index contributed by atoms with van der Waals surface area (Å²) in [5.74, 6) is -0.485. The van der Waals surface area contributed by atoms with Crippen LogP contribution in [0, 0.1) is 5.92 Å². The number of sulfone groups is 1. The summed E-state index contributed by atoms with van der Waals surface area (Å²) >= 11 is 4.79. The van der Waals surface area contributed by atoms with Gasteiger partial charge >= 0.3 is 0 Å². The van der Waals surface area contributed by atoms with Gasteiger partial charge in [-0.2, -0.15) is 0 Å². The van der Waals surface area contributed by atoms with Crippen LogP contribution in [-0.2, 0) is 14.6 Å². The van der Waals surface area contributed by atoms with Crippen LogP contribution in [0.15, 0.2) is 0 Å². The fourth-order valence-electron chi connectivity index (χ4n) is 1.97. The molecule has 0 radical (unpaired) electrons. The minimum Gasteiger partial charge on any atom is -0.392 e. The highest BCUT2D eigenvalue weighted by molar-refractivity contribution is 7.91. The molecule has 17 heavy (non-hydrogen) atoms. The van der Waals surface area contributed by atoms with Gasteiger partial charge in [0.15, 0.2) is 9.84 Å². The second-order valence-corrected chi connectivity index (χ2v) is 7.08. The highest BCUT2D eigenvalue weighted by Gasteiger charge is 2.35. The van der Waals surface area contributed by atoms with Crippen molar-refractivity contribution >= 4 is 33.0 Å². The van der Waals surface area contributed by atoms with Crippen LogP contribution in [0.5, 0.6) is 0 Å². The predicted octanol–water partition coefficient (Wildman–Crippen LogP) is -0.0542. The molecule has 1 atom stereocenters. The van der Waals surface area contributed by atoms with Gasteiger partial charge in [-0.05, 0) is 12.8 Å². The largest absolute Gasteiger partial charge is 0.392 e. The Labute approximate surface area is 107 Å². The van der Waals surface area contributed by atoms with Gasteiger partial charge < -0.3 is 10.6 Å². The number of nitrogens with two attached hydrogens (primary N) is 1. The molecule has 1 amide bonds. The molecular weight excluding hydrogens is 260 g/mol. The summed E-state index contributed by atoms with van der Waals surface area (Å²) in [4.78, 5) is 13.9. The maximum Gasteiger partial charge on any atom is 0.227 e. The summed E-state index contributed by atoms with van der Waals surface area (Å²) in [5.41, 5.74) is 5.43. The van der Waals surface area contributed by atoms with E-state index in [2.05, 4.69) is 0 Å². The lowest BCUT2D eigenvalue weighted by Gasteiger charge is -2.24. The summed E-state index contributed by atoms with van der Waals surface area (Å²) < 4.78 is 22.7. The maximum atomic E-state index is 12.1. The lowest BCUT2D eigenvalue weighted by Crippen LogP contribution is -2.41. The molecule has 1 unspecified atom stereocenters. The molecule has 0 aromatic heterocycles. The molecule has 0 aromatic rings. The lowest BCUT2D eigenvalue weighted by atomic mass is 10.1. The van der Waals surface area contributed by atoms with Gasteiger partial charge in [-0.1, -0.05) is 19.1 Å². The lowest BCUT2D eigenvalue weighted by molar-refractivity contribution is -0.134. The summed E-state index contributed by atoms with van der Waals surface area (Å²) in [7, 11) is -3.03. The third-order valence-electron chi connectivity index (χ3n) is 2.73. The summed E-state index contributed by atoms with van der Waals surface area (Å²) in [6.45, 7) is 2.75. The zero-order chi connectivity index (χ0) is 13.1. The Bertz CT molecular complexity index is 406. The van der Waals surface area contributed by atoms with E-state index in [-0.39, 0.29) is 28.9 Å². The Hall–Kier alpha value is -0.690. The zero-order valence-electron chi connectivity index (χ0n) is 9.89. The highest BCUT2D eigenvalue weighted by Crippen LogP contribution is 2.20. The van der Waals surface area contributed by atoms with Gasteiger partial charge in [-0.15, -0.1) is 0 Å². The van der Waals surface area contributed by atoms with Crippen molar-refractivity contribution in [2.24, 2.45) is 11.7 Å². The second kappa shape index (κ2) is 5.77. The first-order valence-electron chi connectivity index (χ1n) is 5.63. The molecule has 1 fully saturated rings. The average Bonchev–Trinajstić information content (AvgIpc) is 2.56.